The van der Waals surface area contributed by atoms with Crippen LogP contribution in [0.4, 0.5) is 0 Å². The fourth-order valence-electron chi connectivity index (χ4n) is 2.17. The summed E-state index contributed by atoms with van der Waals surface area (Å²) in [6, 6.07) is -1.31. The van der Waals surface area contributed by atoms with Crippen molar-refractivity contribution >= 4 is 17.6 Å². The molecule has 0 bridgehead atoms. The second-order valence-corrected chi connectivity index (χ2v) is 6.45. The Morgan fingerprint density at radius 2 is 1.85 bits per heavy atom. The van der Waals surface area contributed by atoms with E-state index in [9.17, 15) is 19.5 Å². The van der Waals surface area contributed by atoms with Crippen LogP contribution >= 0.6 is 0 Å². The second-order valence-electron chi connectivity index (χ2n) is 6.45. The molecule has 0 aromatic rings. The molecule has 2 amide bonds. The molecule has 1 heterocycles. The summed E-state index contributed by atoms with van der Waals surface area (Å²) in [7, 11) is 0. The third-order valence-electron chi connectivity index (χ3n) is 3.43. The molecular formula is C14H24N2O4. The highest BCUT2D eigenvalue weighted by Crippen LogP contribution is 2.20. The number of hydrogen-bond donors (Lipinski definition) is 2. The lowest BCUT2D eigenvalue weighted by atomic mass is 9.95. The van der Waals surface area contributed by atoms with Crippen LogP contribution in [0, 0.1) is 5.41 Å². The molecule has 0 radical (unpaired) electrons. The summed E-state index contributed by atoms with van der Waals surface area (Å²) < 4.78 is 0. The van der Waals surface area contributed by atoms with Crippen LogP contribution < -0.4 is 5.32 Å². The number of aliphatic hydroxyl groups excluding tert-OH is 1. The number of β-amino-alcohol motifs (C(OH)–C–C–N with tert-alkyl or cyclic N) is 1. The zero-order chi connectivity index (χ0) is 15.7. The topological polar surface area (TPSA) is 86.7 Å². The van der Waals surface area contributed by atoms with Crippen molar-refractivity contribution in [3.8, 4) is 0 Å². The molecule has 0 unspecified atom stereocenters. The van der Waals surface area contributed by atoms with Crippen LogP contribution in [0.2, 0.25) is 0 Å². The Balaban J connectivity index is 2.74. The van der Waals surface area contributed by atoms with Crippen LogP contribution in [0.3, 0.4) is 0 Å². The number of rotatable bonds is 3. The summed E-state index contributed by atoms with van der Waals surface area (Å²) >= 11 is 0. The Bertz CT molecular complexity index is 414. The predicted molar refractivity (Wildman–Crippen MR) is 73.9 cm³/mol. The third-order valence-corrected chi connectivity index (χ3v) is 3.43. The maximum Gasteiger partial charge on any atom is 0.245 e. The molecular weight excluding hydrogens is 260 g/mol. The summed E-state index contributed by atoms with van der Waals surface area (Å²) in [5.74, 6) is -0.707. The van der Waals surface area contributed by atoms with Gasteiger partial charge in [-0.15, -0.1) is 0 Å². The summed E-state index contributed by atoms with van der Waals surface area (Å²) in [6.07, 6.45) is -0.417. The average molecular weight is 284 g/mol. The van der Waals surface area contributed by atoms with E-state index >= 15 is 0 Å². The van der Waals surface area contributed by atoms with Gasteiger partial charge >= 0.3 is 0 Å². The van der Waals surface area contributed by atoms with Gasteiger partial charge in [0, 0.05) is 18.4 Å². The average Bonchev–Trinajstić information content (AvgIpc) is 2.69. The van der Waals surface area contributed by atoms with Crippen LogP contribution in [0.5, 0.6) is 0 Å². The van der Waals surface area contributed by atoms with E-state index in [0.29, 0.717) is 0 Å². The Morgan fingerprint density at radius 3 is 2.30 bits per heavy atom. The Hall–Kier alpha value is -1.43. The lowest BCUT2D eigenvalue weighted by Gasteiger charge is -2.28. The van der Waals surface area contributed by atoms with Crippen LogP contribution in [0.1, 0.15) is 41.0 Å². The number of carbonyl (C=O) groups excluding carboxylic acids is 3. The molecule has 6 nitrogen and oxygen atoms in total. The van der Waals surface area contributed by atoms with Gasteiger partial charge in [0.1, 0.15) is 6.04 Å². The molecule has 0 spiro atoms. The van der Waals surface area contributed by atoms with Crippen LogP contribution in [0.25, 0.3) is 0 Å². The number of hydrogen-bond acceptors (Lipinski definition) is 4. The van der Waals surface area contributed by atoms with Crippen molar-refractivity contribution in [3.05, 3.63) is 0 Å². The van der Waals surface area contributed by atoms with Gasteiger partial charge in [0.2, 0.25) is 11.8 Å². The number of ketones is 1. The van der Waals surface area contributed by atoms with Crippen molar-refractivity contribution in [2.75, 3.05) is 6.54 Å². The van der Waals surface area contributed by atoms with Gasteiger partial charge in [0.25, 0.3) is 0 Å². The third kappa shape index (κ3) is 3.79. The molecule has 2 N–H and O–H groups in total. The van der Waals surface area contributed by atoms with E-state index in [1.165, 1.54) is 11.8 Å². The first kappa shape index (κ1) is 16.6. The monoisotopic (exact) mass is 284 g/mol. The van der Waals surface area contributed by atoms with Crippen LogP contribution in [0.15, 0.2) is 0 Å². The van der Waals surface area contributed by atoms with E-state index in [4.69, 9.17) is 0 Å². The first-order chi connectivity index (χ1) is 9.04. The van der Waals surface area contributed by atoms with E-state index in [0.717, 1.165) is 0 Å². The molecule has 0 aliphatic carbocycles. The number of Topliss-reactive ketones (excluding diaryl/α,β-unsaturated/α-hetero) is 1. The highest BCUT2D eigenvalue weighted by atomic mass is 16.3. The first-order valence-electron chi connectivity index (χ1n) is 6.84. The maximum atomic E-state index is 12.3. The van der Waals surface area contributed by atoms with Crippen LogP contribution in [-0.2, 0) is 14.4 Å². The number of nitrogens with one attached hydrogen (secondary N) is 1. The Kier molecular flexibility index (Phi) is 4.91. The van der Waals surface area contributed by atoms with Crippen molar-refractivity contribution in [1.82, 2.24) is 10.2 Å². The van der Waals surface area contributed by atoms with Crippen molar-refractivity contribution in [2.45, 2.75) is 59.2 Å². The lowest BCUT2D eigenvalue weighted by Crippen LogP contribution is -2.52. The molecule has 0 saturated carbocycles. The number of aliphatic hydroxyl groups is 1. The molecule has 0 aromatic carbocycles. The van der Waals surface area contributed by atoms with Gasteiger partial charge in [-0.2, -0.15) is 0 Å². The van der Waals surface area contributed by atoms with E-state index < -0.39 is 23.6 Å². The first-order valence-corrected chi connectivity index (χ1v) is 6.84. The van der Waals surface area contributed by atoms with Gasteiger partial charge in [-0.1, -0.05) is 20.8 Å². The molecule has 1 fully saturated rings. The quantitative estimate of drug-likeness (QED) is 0.769. The van der Waals surface area contributed by atoms with Gasteiger partial charge in [0.15, 0.2) is 5.78 Å². The molecule has 3 atom stereocenters. The normalized spacial score (nSPS) is 24.4. The molecule has 1 aliphatic rings. The molecule has 0 aromatic heterocycles. The van der Waals surface area contributed by atoms with Gasteiger partial charge in [-0.25, -0.2) is 0 Å². The Morgan fingerprint density at radius 1 is 1.30 bits per heavy atom. The van der Waals surface area contributed by atoms with E-state index in [1.54, 1.807) is 27.7 Å². The minimum atomic E-state index is -0.714. The molecule has 20 heavy (non-hydrogen) atoms. The summed E-state index contributed by atoms with van der Waals surface area (Å²) in [6.45, 7) is 8.42. The minimum Gasteiger partial charge on any atom is -0.391 e. The second kappa shape index (κ2) is 5.91. The molecule has 1 rings (SSSR count). The number of carbonyl (C=O) groups is 3. The highest BCUT2D eigenvalue weighted by Gasteiger charge is 2.39. The van der Waals surface area contributed by atoms with Gasteiger partial charge in [-0.05, 0) is 13.8 Å². The smallest absolute Gasteiger partial charge is 0.245 e. The van der Waals surface area contributed by atoms with Crippen molar-refractivity contribution in [2.24, 2.45) is 5.41 Å². The largest absolute Gasteiger partial charge is 0.391 e. The predicted octanol–water partition coefficient (Wildman–Crippen LogP) is 0.0880. The van der Waals surface area contributed by atoms with E-state index in [-0.39, 0.29) is 30.6 Å². The zero-order valence-corrected chi connectivity index (χ0v) is 12.8. The standard InChI is InChI=1S/C14H24N2O4/c1-8(15-13(20)14(3,4)5)12(19)16-7-10(18)6-11(16)9(2)17/h8,10-11,18H,6-7H2,1-5H3,(H,15,20)/t8-,10+,11-/m0/s1. The molecule has 6 heteroatoms. The van der Waals surface area contributed by atoms with E-state index in [2.05, 4.69) is 5.32 Å². The van der Waals surface area contributed by atoms with Crippen molar-refractivity contribution < 1.29 is 19.5 Å². The number of likely N-dealkylation sites (tertiary alicyclic amines) is 1. The maximum absolute atomic E-state index is 12.3. The minimum absolute atomic E-state index is 0.138. The summed E-state index contributed by atoms with van der Waals surface area (Å²) in [5.41, 5.74) is -0.584. The summed E-state index contributed by atoms with van der Waals surface area (Å²) in [5, 5.41) is 12.3. The highest BCUT2D eigenvalue weighted by molar-refractivity contribution is 5.93. The number of amides is 2. The van der Waals surface area contributed by atoms with Crippen molar-refractivity contribution in [3.63, 3.8) is 0 Å². The SMILES string of the molecule is CC(=O)[C@@H]1C[C@@H](O)CN1C(=O)[C@H](C)NC(=O)C(C)(C)C. The molecule has 1 aliphatic heterocycles. The van der Waals surface area contributed by atoms with Gasteiger partial charge in [-0.3, -0.25) is 14.4 Å². The van der Waals surface area contributed by atoms with E-state index in [1.807, 2.05) is 0 Å². The fraction of sp³-hybridized carbons (Fsp3) is 0.786. The summed E-state index contributed by atoms with van der Waals surface area (Å²) in [4.78, 5) is 37.1. The number of nitrogens with zero attached hydrogens (tertiary/aromatic N) is 1. The molecule has 114 valence electrons. The lowest BCUT2D eigenvalue weighted by molar-refractivity contribution is -0.141. The van der Waals surface area contributed by atoms with Gasteiger partial charge in [0.05, 0.1) is 12.1 Å². The molecule has 1 saturated heterocycles. The fourth-order valence-corrected chi connectivity index (χ4v) is 2.17. The van der Waals surface area contributed by atoms with Crippen LogP contribution in [-0.4, -0.2) is 52.3 Å². The van der Waals surface area contributed by atoms with Crippen molar-refractivity contribution in [1.29, 1.82) is 0 Å². The van der Waals surface area contributed by atoms with Gasteiger partial charge < -0.3 is 15.3 Å². The Labute approximate surface area is 119 Å². The zero-order valence-electron chi connectivity index (χ0n) is 12.8.